The van der Waals surface area contributed by atoms with Crippen LogP contribution in [0.2, 0.25) is 0 Å². The predicted octanol–water partition coefficient (Wildman–Crippen LogP) is 17.7. The molecule has 0 amide bonds. The van der Waals surface area contributed by atoms with E-state index < -0.39 is 22.0 Å². The van der Waals surface area contributed by atoms with Crippen LogP contribution in [0.15, 0.2) is 0 Å². The van der Waals surface area contributed by atoms with Gasteiger partial charge in [-0.05, 0) is 38.5 Å². The van der Waals surface area contributed by atoms with E-state index in [1.165, 1.54) is 270 Å². The molecule has 0 spiro atoms. The monoisotopic (exact) mass is 871 g/mol. The zero-order valence-corrected chi connectivity index (χ0v) is 42.3. The number of quaternary nitrogens is 1. The second-order valence-electron chi connectivity index (χ2n) is 19.9. The van der Waals surface area contributed by atoms with E-state index in [4.69, 9.17) is 0 Å². The first kappa shape index (κ1) is 59.8. The Balaban J connectivity index is 4.82. The van der Waals surface area contributed by atoms with E-state index in [0.29, 0.717) is 6.54 Å². The molecule has 6 heteroatoms. The summed E-state index contributed by atoms with van der Waals surface area (Å²) in [7, 11) is -4.21. The molecule has 0 heterocycles. The van der Waals surface area contributed by atoms with Gasteiger partial charge in [-0.15, -0.1) is 0 Å². The first-order chi connectivity index (χ1) is 29.3. The van der Waals surface area contributed by atoms with E-state index in [-0.39, 0.29) is 0 Å². The van der Waals surface area contributed by atoms with Crippen molar-refractivity contribution >= 4 is 10.1 Å². The molecule has 0 aromatic rings. The van der Waals surface area contributed by atoms with Gasteiger partial charge in [0, 0.05) is 0 Å². The van der Waals surface area contributed by atoms with Crippen LogP contribution in [0.3, 0.4) is 0 Å². The Bertz CT molecular complexity index is 843. The number of nitrogens with zero attached hydrogens (tertiary/aromatic N) is 1. The molecule has 0 aliphatic heterocycles. The highest BCUT2D eigenvalue weighted by atomic mass is 32.2. The largest absolute Gasteiger partial charge is 0.386 e. The Kier molecular flexibility index (Phi) is 46.7. The molecule has 0 bridgehead atoms. The number of aliphatic hydroxyl groups is 1. The summed E-state index contributed by atoms with van der Waals surface area (Å²) < 4.78 is 34.1. The highest BCUT2D eigenvalue weighted by molar-refractivity contribution is 7.85. The Morgan fingerprint density at radius 3 is 0.650 bits per heavy atom. The van der Waals surface area contributed by atoms with Crippen molar-refractivity contribution in [3.63, 3.8) is 0 Å². The molecule has 0 saturated carbocycles. The molecule has 0 fully saturated rings. The standard InChI is InChI=1S/C54H111NO4S/c1-4-7-10-13-16-19-22-25-28-31-34-37-40-43-46-49-55(52-54(56)53-60(57,58)59,50-47-44-41-38-35-32-29-26-23-20-17-14-11-8-5-2)51-48-45-42-39-36-33-30-27-24-21-18-15-12-9-6-3/h54,56H,4-53H2,1-3H3/p+1. The van der Waals surface area contributed by atoms with Gasteiger partial charge in [-0.2, -0.15) is 8.42 Å². The van der Waals surface area contributed by atoms with Crippen molar-refractivity contribution < 1.29 is 22.6 Å². The number of rotatable bonds is 52. The molecule has 0 radical (unpaired) electrons. The van der Waals surface area contributed by atoms with Gasteiger partial charge in [0.15, 0.2) is 0 Å². The van der Waals surface area contributed by atoms with Crippen LogP contribution >= 0.6 is 0 Å². The van der Waals surface area contributed by atoms with Crippen LogP contribution < -0.4 is 0 Å². The topological polar surface area (TPSA) is 74.6 Å². The van der Waals surface area contributed by atoms with Crippen LogP contribution in [-0.2, 0) is 10.1 Å². The van der Waals surface area contributed by atoms with Gasteiger partial charge in [-0.25, -0.2) is 0 Å². The fourth-order valence-electron chi connectivity index (χ4n) is 9.81. The third kappa shape index (κ3) is 45.8. The number of hydrogen-bond donors (Lipinski definition) is 2. The van der Waals surface area contributed by atoms with Crippen molar-refractivity contribution in [2.75, 3.05) is 31.9 Å². The quantitative estimate of drug-likeness (QED) is 0.0363. The van der Waals surface area contributed by atoms with E-state index in [1.54, 1.807) is 0 Å². The third-order valence-electron chi connectivity index (χ3n) is 13.7. The molecule has 0 aromatic carbocycles. The van der Waals surface area contributed by atoms with Crippen molar-refractivity contribution in [3.8, 4) is 0 Å². The molecule has 1 unspecified atom stereocenters. The Hall–Kier alpha value is -0.170. The smallest absolute Gasteiger partial charge is 0.267 e. The number of hydrogen-bond acceptors (Lipinski definition) is 3. The van der Waals surface area contributed by atoms with Crippen molar-refractivity contribution in [3.05, 3.63) is 0 Å². The Labute approximate surface area is 378 Å². The van der Waals surface area contributed by atoms with Crippen LogP contribution in [-0.4, -0.2) is 60.6 Å². The summed E-state index contributed by atoms with van der Waals surface area (Å²) in [6.07, 6.45) is 59.9. The minimum absolute atomic E-state index is 0.454. The van der Waals surface area contributed by atoms with Gasteiger partial charge < -0.3 is 9.59 Å². The minimum atomic E-state index is -4.21. The van der Waals surface area contributed by atoms with Crippen LogP contribution in [0.4, 0.5) is 0 Å². The van der Waals surface area contributed by atoms with Crippen molar-refractivity contribution in [2.45, 2.75) is 316 Å². The fourth-order valence-corrected chi connectivity index (χ4v) is 10.4. The van der Waals surface area contributed by atoms with Crippen LogP contribution in [0, 0.1) is 0 Å². The van der Waals surface area contributed by atoms with E-state index in [9.17, 15) is 18.1 Å². The minimum Gasteiger partial charge on any atom is -0.386 e. The Morgan fingerprint density at radius 1 is 0.317 bits per heavy atom. The molecule has 5 nitrogen and oxygen atoms in total. The lowest BCUT2D eigenvalue weighted by atomic mass is 10.0. The second-order valence-corrected chi connectivity index (χ2v) is 21.4. The Morgan fingerprint density at radius 2 is 0.483 bits per heavy atom. The summed E-state index contributed by atoms with van der Waals surface area (Å²) in [6.45, 7) is 10.4. The summed E-state index contributed by atoms with van der Waals surface area (Å²) in [5, 5.41) is 11.0. The van der Waals surface area contributed by atoms with Gasteiger partial charge in [0.05, 0.1) is 19.6 Å². The molecular formula is C54H112NO4S+. The normalized spacial score (nSPS) is 12.8. The van der Waals surface area contributed by atoms with Crippen LogP contribution in [0.25, 0.3) is 0 Å². The van der Waals surface area contributed by atoms with E-state index in [2.05, 4.69) is 20.8 Å². The molecular weight excluding hydrogens is 759 g/mol. The molecule has 0 rings (SSSR count). The molecule has 60 heavy (non-hydrogen) atoms. The van der Waals surface area contributed by atoms with Gasteiger partial charge in [0.1, 0.15) is 18.4 Å². The maximum absolute atomic E-state index is 11.8. The highest BCUT2D eigenvalue weighted by Gasteiger charge is 2.31. The summed E-state index contributed by atoms with van der Waals surface area (Å²) in [5.41, 5.74) is 0. The molecule has 0 aliphatic carbocycles. The molecule has 1 atom stereocenters. The average Bonchev–Trinajstić information content (AvgIpc) is 3.21. The maximum Gasteiger partial charge on any atom is 0.267 e. The summed E-state index contributed by atoms with van der Waals surface area (Å²) in [6, 6.07) is 0. The number of unbranched alkanes of at least 4 members (excludes halogenated alkanes) is 42. The van der Waals surface area contributed by atoms with Crippen molar-refractivity contribution in [1.29, 1.82) is 0 Å². The van der Waals surface area contributed by atoms with Crippen molar-refractivity contribution in [1.82, 2.24) is 0 Å². The first-order valence-electron chi connectivity index (χ1n) is 27.8. The predicted molar refractivity (Wildman–Crippen MR) is 267 cm³/mol. The molecule has 2 N–H and O–H groups in total. The molecule has 0 saturated heterocycles. The average molecular weight is 872 g/mol. The maximum atomic E-state index is 11.8. The summed E-state index contributed by atoms with van der Waals surface area (Å²) >= 11 is 0. The third-order valence-corrected chi connectivity index (χ3v) is 14.5. The lowest BCUT2D eigenvalue weighted by molar-refractivity contribution is -0.931. The van der Waals surface area contributed by atoms with Gasteiger partial charge in [-0.3, -0.25) is 4.55 Å². The highest BCUT2D eigenvalue weighted by Crippen LogP contribution is 2.22. The first-order valence-corrected chi connectivity index (χ1v) is 29.4. The van der Waals surface area contributed by atoms with E-state index >= 15 is 0 Å². The van der Waals surface area contributed by atoms with Gasteiger partial charge in [0.2, 0.25) is 0 Å². The molecule has 362 valence electrons. The summed E-state index contributed by atoms with van der Waals surface area (Å²) in [5.74, 6) is -0.538. The zero-order valence-electron chi connectivity index (χ0n) is 41.5. The fraction of sp³-hybridized carbons (Fsp3) is 1.00. The molecule has 0 aromatic heterocycles. The zero-order chi connectivity index (χ0) is 43.9. The molecule has 0 aliphatic rings. The van der Waals surface area contributed by atoms with Gasteiger partial charge in [-0.1, -0.05) is 271 Å². The lowest BCUT2D eigenvalue weighted by Gasteiger charge is -2.40. The van der Waals surface area contributed by atoms with Crippen molar-refractivity contribution in [2.24, 2.45) is 0 Å². The second kappa shape index (κ2) is 46.8. The van der Waals surface area contributed by atoms with Crippen LogP contribution in [0.1, 0.15) is 310 Å². The van der Waals surface area contributed by atoms with Crippen LogP contribution in [0.5, 0.6) is 0 Å². The van der Waals surface area contributed by atoms with E-state index in [0.717, 1.165) is 43.4 Å². The summed E-state index contributed by atoms with van der Waals surface area (Å²) in [4.78, 5) is 0. The van der Waals surface area contributed by atoms with Gasteiger partial charge >= 0.3 is 0 Å². The SMILES string of the molecule is CCCCCCCCCCCCCCCCC[N+](CCCCCCCCCCCCCCCCC)(CCCCCCCCCCCCCCCCC)CC(O)CS(=O)(=O)O. The lowest BCUT2D eigenvalue weighted by Crippen LogP contribution is -2.55. The number of aliphatic hydroxyl groups excluding tert-OH is 1. The van der Waals surface area contributed by atoms with E-state index in [1.807, 2.05) is 0 Å². The van der Waals surface area contributed by atoms with Gasteiger partial charge in [0.25, 0.3) is 10.1 Å².